The smallest absolute Gasteiger partial charge is 0.315 e. The average Bonchev–Trinajstić information content (AvgIpc) is 2.84. The minimum Gasteiger partial charge on any atom is -0.508 e. The largest absolute Gasteiger partial charge is 0.508 e. The fourth-order valence-corrected chi connectivity index (χ4v) is 4.48. The molecule has 8 nitrogen and oxygen atoms in total. The van der Waals surface area contributed by atoms with Crippen LogP contribution in [0.3, 0.4) is 0 Å². The van der Waals surface area contributed by atoms with Gasteiger partial charge < -0.3 is 21.1 Å². The quantitative estimate of drug-likeness (QED) is 0.588. The lowest BCUT2D eigenvalue weighted by atomic mass is 10.0. The van der Waals surface area contributed by atoms with Crippen molar-refractivity contribution in [2.45, 2.75) is 38.8 Å². The van der Waals surface area contributed by atoms with Crippen molar-refractivity contribution in [2.75, 3.05) is 16.8 Å². The molecular formula is C17H25N3O5S. The molecule has 1 aromatic rings. The number of rotatable bonds is 6. The second kappa shape index (κ2) is 8.39. The maximum Gasteiger partial charge on any atom is 0.315 e. The van der Waals surface area contributed by atoms with Crippen LogP contribution in [-0.4, -0.2) is 49.1 Å². The molecule has 1 heterocycles. The molecule has 2 atom stereocenters. The van der Waals surface area contributed by atoms with Crippen molar-refractivity contribution in [3.63, 3.8) is 0 Å². The van der Waals surface area contributed by atoms with E-state index in [2.05, 4.69) is 16.0 Å². The number of anilines is 1. The van der Waals surface area contributed by atoms with Gasteiger partial charge in [-0.25, -0.2) is 13.2 Å². The molecule has 0 saturated carbocycles. The number of aromatic hydroxyl groups is 1. The molecule has 0 aromatic heterocycles. The molecule has 2 rings (SSSR count). The van der Waals surface area contributed by atoms with Crippen LogP contribution in [0.25, 0.3) is 0 Å². The van der Waals surface area contributed by atoms with E-state index >= 15 is 0 Å². The number of hydrogen-bond acceptors (Lipinski definition) is 5. The zero-order valence-corrected chi connectivity index (χ0v) is 15.7. The number of sulfone groups is 1. The summed E-state index contributed by atoms with van der Waals surface area (Å²) in [6.07, 6.45) is 0.793. The van der Waals surface area contributed by atoms with Crippen LogP contribution < -0.4 is 16.0 Å². The molecule has 26 heavy (non-hydrogen) atoms. The van der Waals surface area contributed by atoms with Crippen LogP contribution in [0, 0.1) is 5.92 Å². The SMILES string of the molecule is CC(C)C[C@H](NC(=O)NC1CCS(=O)(=O)C1)C(=O)Nc1cccc(O)c1. The van der Waals surface area contributed by atoms with Gasteiger partial charge in [0.05, 0.1) is 11.5 Å². The number of hydrogen-bond donors (Lipinski definition) is 4. The van der Waals surface area contributed by atoms with E-state index in [4.69, 9.17) is 0 Å². The number of phenols is 1. The Labute approximate surface area is 153 Å². The molecule has 3 amide bonds. The minimum absolute atomic E-state index is 0.0244. The van der Waals surface area contributed by atoms with E-state index in [1.165, 1.54) is 12.1 Å². The molecule has 1 fully saturated rings. The van der Waals surface area contributed by atoms with Gasteiger partial charge in [0.2, 0.25) is 5.91 Å². The number of nitrogens with one attached hydrogen (secondary N) is 3. The summed E-state index contributed by atoms with van der Waals surface area (Å²) in [6, 6.07) is 4.35. The molecular weight excluding hydrogens is 358 g/mol. The van der Waals surface area contributed by atoms with Gasteiger partial charge in [-0.15, -0.1) is 0 Å². The van der Waals surface area contributed by atoms with Crippen LogP contribution in [0.15, 0.2) is 24.3 Å². The molecule has 9 heteroatoms. The first-order chi connectivity index (χ1) is 12.1. The summed E-state index contributed by atoms with van der Waals surface area (Å²) < 4.78 is 22.9. The van der Waals surface area contributed by atoms with Crippen molar-refractivity contribution in [3.05, 3.63) is 24.3 Å². The van der Waals surface area contributed by atoms with E-state index < -0.39 is 33.9 Å². The summed E-state index contributed by atoms with van der Waals surface area (Å²) in [7, 11) is -3.10. The molecule has 0 bridgehead atoms. The van der Waals surface area contributed by atoms with Crippen LogP contribution in [0.1, 0.15) is 26.7 Å². The summed E-state index contributed by atoms with van der Waals surface area (Å²) in [4.78, 5) is 24.7. The molecule has 144 valence electrons. The van der Waals surface area contributed by atoms with Gasteiger partial charge in [-0.1, -0.05) is 19.9 Å². The van der Waals surface area contributed by atoms with Crippen molar-refractivity contribution in [2.24, 2.45) is 5.92 Å². The molecule has 4 N–H and O–H groups in total. The van der Waals surface area contributed by atoms with E-state index in [1.54, 1.807) is 12.1 Å². The lowest BCUT2D eigenvalue weighted by molar-refractivity contribution is -0.118. The fourth-order valence-electron chi connectivity index (χ4n) is 2.81. The summed E-state index contributed by atoms with van der Waals surface area (Å²) in [6.45, 7) is 3.86. The first-order valence-corrected chi connectivity index (χ1v) is 10.3. The van der Waals surface area contributed by atoms with Gasteiger partial charge in [0, 0.05) is 17.8 Å². The lowest BCUT2D eigenvalue weighted by Gasteiger charge is -2.21. The molecule has 0 radical (unpaired) electrons. The molecule has 1 aliphatic heterocycles. The Hall–Kier alpha value is -2.29. The summed E-state index contributed by atoms with van der Waals surface area (Å²) in [5.74, 6) is -0.243. The fraction of sp³-hybridized carbons (Fsp3) is 0.529. The van der Waals surface area contributed by atoms with Crippen molar-refractivity contribution in [1.82, 2.24) is 10.6 Å². The zero-order chi connectivity index (χ0) is 19.3. The molecule has 1 saturated heterocycles. The molecule has 1 aromatic carbocycles. The number of phenolic OH excluding ortho intramolecular Hbond substituents is 1. The Morgan fingerprint density at radius 2 is 2.04 bits per heavy atom. The van der Waals surface area contributed by atoms with Gasteiger partial charge in [0.15, 0.2) is 9.84 Å². The van der Waals surface area contributed by atoms with Gasteiger partial charge in [0.25, 0.3) is 0 Å². The maximum absolute atomic E-state index is 12.5. The molecule has 0 spiro atoms. The summed E-state index contributed by atoms with van der Waals surface area (Å²) in [5, 5.41) is 17.4. The van der Waals surface area contributed by atoms with E-state index in [0.717, 1.165) is 0 Å². The predicted octanol–water partition coefficient (Wildman–Crippen LogP) is 1.23. The monoisotopic (exact) mass is 383 g/mol. The van der Waals surface area contributed by atoms with Crippen LogP contribution >= 0.6 is 0 Å². The first kappa shape index (κ1) is 20.0. The summed E-state index contributed by atoms with van der Waals surface area (Å²) in [5.41, 5.74) is 0.424. The van der Waals surface area contributed by atoms with Gasteiger partial charge >= 0.3 is 6.03 Å². The molecule has 1 unspecified atom stereocenters. The Morgan fingerprint density at radius 3 is 2.62 bits per heavy atom. The Balaban J connectivity index is 1.97. The highest BCUT2D eigenvalue weighted by Gasteiger charge is 2.30. The summed E-state index contributed by atoms with van der Waals surface area (Å²) >= 11 is 0. The third-order valence-electron chi connectivity index (χ3n) is 4.01. The number of carbonyl (C=O) groups is 2. The Morgan fingerprint density at radius 1 is 1.31 bits per heavy atom. The van der Waals surface area contributed by atoms with Crippen LogP contribution in [-0.2, 0) is 14.6 Å². The Kier molecular flexibility index (Phi) is 6.47. The predicted molar refractivity (Wildman–Crippen MR) is 98.7 cm³/mol. The average molecular weight is 383 g/mol. The third-order valence-corrected chi connectivity index (χ3v) is 5.78. The molecule has 1 aliphatic rings. The van der Waals surface area contributed by atoms with Crippen molar-refractivity contribution in [1.29, 1.82) is 0 Å². The topological polar surface area (TPSA) is 125 Å². The second-order valence-electron chi connectivity index (χ2n) is 6.94. The number of benzene rings is 1. The van der Waals surface area contributed by atoms with E-state index in [-0.39, 0.29) is 23.2 Å². The standard InChI is InChI=1S/C17H25N3O5S/c1-11(2)8-15(16(22)18-12-4-3-5-14(21)9-12)20-17(23)19-13-6-7-26(24,25)10-13/h3-5,9,11,13,15,21H,6-8,10H2,1-2H3,(H,18,22)(H2,19,20,23)/t13?,15-/m0/s1. The number of urea groups is 1. The maximum atomic E-state index is 12.5. The minimum atomic E-state index is -3.10. The van der Waals surface area contributed by atoms with E-state index in [9.17, 15) is 23.1 Å². The van der Waals surface area contributed by atoms with E-state index in [1.807, 2.05) is 13.8 Å². The van der Waals surface area contributed by atoms with Gasteiger partial charge in [-0.05, 0) is 30.9 Å². The zero-order valence-electron chi connectivity index (χ0n) is 14.9. The van der Waals surface area contributed by atoms with Gasteiger partial charge in [-0.2, -0.15) is 0 Å². The van der Waals surface area contributed by atoms with Crippen LogP contribution in [0.2, 0.25) is 0 Å². The van der Waals surface area contributed by atoms with Crippen LogP contribution in [0.4, 0.5) is 10.5 Å². The van der Waals surface area contributed by atoms with Crippen molar-refractivity contribution >= 4 is 27.5 Å². The third kappa shape index (κ3) is 6.21. The Bertz CT molecular complexity index is 763. The number of carbonyl (C=O) groups excluding carboxylic acids is 2. The van der Waals surface area contributed by atoms with Crippen LogP contribution in [0.5, 0.6) is 5.75 Å². The highest BCUT2D eigenvalue weighted by Crippen LogP contribution is 2.16. The highest BCUT2D eigenvalue weighted by atomic mass is 32.2. The molecule has 0 aliphatic carbocycles. The second-order valence-corrected chi connectivity index (χ2v) is 9.17. The van der Waals surface area contributed by atoms with Gasteiger partial charge in [0.1, 0.15) is 11.8 Å². The van der Waals surface area contributed by atoms with Crippen molar-refractivity contribution < 1.29 is 23.1 Å². The lowest BCUT2D eigenvalue weighted by Crippen LogP contribution is -2.51. The van der Waals surface area contributed by atoms with Crippen molar-refractivity contribution in [3.8, 4) is 5.75 Å². The van der Waals surface area contributed by atoms with Gasteiger partial charge in [-0.3, -0.25) is 4.79 Å². The first-order valence-electron chi connectivity index (χ1n) is 8.52. The van der Waals surface area contributed by atoms with E-state index in [0.29, 0.717) is 18.5 Å². The number of amides is 3. The highest BCUT2D eigenvalue weighted by molar-refractivity contribution is 7.91. The normalized spacial score (nSPS) is 19.7.